The zero-order valence-electron chi connectivity index (χ0n) is 14.2. The Morgan fingerprint density at radius 3 is 2.40 bits per heavy atom. The summed E-state index contributed by atoms with van der Waals surface area (Å²) in [4.78, 5) is 26.3. The monoisotopic (exact) mass is 337 g/mol. The predicted molar refractivity (Wildman–Crippen MR) is 97.0 cm³/mol. The molecule has 1 aliphatic heterocycles. The van der Waals surface area contributed by atoms with Gasteiger partial charge in [-0.25, -0.2) is 0 Å². The van der Waals surface area contributed by atoms with E-state index in [-0.39, 0.29) is 24.4 Å². The lowest BCUT2D eigenvalue weighted by molar-refractivity contribution is -0.120. The molecule has 1 atom stereocenters. The predicted octanol–water partition coefficient (Wildman–Crippen LogP) is 1.81. The number of amides is 2. The molecule has 5 heteroatoms. The van der Waals surface area contributed by atoms with Crippen LogP contribution in [0.25, 0.3) is 0 Å². The van der Waals surface area contributed by atoms with Gasteiger partial charge in [0.15, 0.2) is 0 Å². The molecule has 25 heavy (non-hydrogen) atoms. The second-order valence-corrected chi connectivity index (χ2v) is 6.32. The van der Waals surface area contributed by atoms with Crippen molar-refractivity contribution in [3.8, 4) is 0 Å². The van der Waals surface area contributed by atoms with Crippen molar-refractivity contribution < 1.29 is 9.59 Å². The zero-order chi connectivity index (χ0) is 17.5. The molecule has 0 bridgehead atoms. The van der Waals surface area contributed by atoms with E-state index in [0.29, 0.717) is 5.56 Å². The highest BCUT2D eigenvalue weighted by Gasteiger charge is 2.23. The molecule has 2 aromatic rings. The highest BCUT2D eigenvalue weighted by Crippen LogP contribution is 2.13. The van der Waals surface area contributed by atoms with E-state index >= 15 is 0 Å². The number of benzene rings is 2. The molecule has 2 amide bonds. The van der Waals surface area contributed by atoms with Crippen LogP contribution in [0, 0.1) is 0 Å². The van der Waals surface area contributed by atoms with Crippen LogP contribution < -0.4 is 10.6 Å². The summed E-state index contributed by atoms with van der Waals surface area (Å²) < 4.78 is 0. The van der Waals surface area contributed by atoms with Gasteiger partial charge in [0, 0.05) is 31.2 Å². The molecule has 0 aliphatic carbocycles. The molecule has 2 N–H and O–H groups in total. The van der Waals surface area contributed by atoms with Crippen LogP contribution in [0.1, 0.15) is 22.3 Å². The SMILES string of the molecule is O=C(CNC(=O)c1ccccc1)N[C@H]1CCN(Cc2ccccc2)C1. The summed E-state index contributed by atoms with van der Waals surface area (Å²) in [5, 5.41) is 5.67. The van der Waals surface area contributed by atoms with Crippen LogP contribution in [-0.2, 0) is 11.3 Å². The summed E-state index contributed by atoms with van der Waals surface area (Å²) in [6.07, 6.45) is 0.936. The van der Waals surface area contributed by atoms with E-state index in [1.807, 2.05) is 24.3 Å². The first kappa shape index (κ1) is 17.2. The molecule has 0 aromatic heterocycles. The van der Waals surface area contributed by atoms with Crippen LogP contribution in [0.5, 0.6) is 0 Å². The maximum atomic E-state index is 12.1. The first-order chi connectivity index (χ1) is 12.2. The fourth-order valence-corrected chi connectivity index (χ4v) is 3.07. The van der Waals surface area contributed by atoms with Crippen LogP contribution in [0.3, 0.4) is 0 Å². The molecule has 1 saturated heterocycles. The van der Waals surface area contributed by atoms with Crippen molar-refractivity contribution in [3.63, 3.8) is 0 Å². The number of hydrogen-bond acceptors (Lipinski definition) is 3. The van der Waals surface area contributed by atoms with Gasteiger partial charge < -0.3 is 10.6 Å². The molecule has 2 aromatic carbocycles. The van der Waals surface area contributed by atoms with Crippen LogP contribution in [0.4, 0.5) is 0 Å². The van der Waals surface area contributed by atoms with Gasteiger partial charge in [0.05, 0.1) is 6.54 Å². The van der Waals surface area contributed by atoms with E-state index in [0.717, 1.165) is 26.1 Å². The quantitative estimate of drug-likeness (QED) is 0.845. The Hall–Kier alpha value is -2.66. The Kier molecular flexibility index (Phi) is 5.80. The van der Waals surface area contributed by atoms with Crippen LogP contribution in [0.15, 0.2) is 60.7 Å². The van der Waals surface area contributed by atoms with E-state index in [1.165, 1.54) is 5.56 Å². The average Bonchev–Trinajstić information content (AvgIpc) is 3.08. The molecule has 0 spiro atoms. The molecule has 1 heterocycles. The number of nitrogens with zero attached hydrogens (tertiary/aromatic N) is 1. The first-order valence-electron chi connectivity index (χ1n) is 8.59. The summed E-state index contributed by atoms with van der Waals surface area (Å²) in [5.74, 6) is -0.372. The van der Waals surface area contributed by atoms with E-state index in [1.54, 1.807) is 24.3 Å². The fraction of sp³-hybridized carbons (Fsp3) is 0.300. The number of hydrogen-bond donors (Lipinski definition) is 2. The van der Waals surface area contributed by atoms with E-state index in [9.17, 15) is 9.59 Å². The molecule has 1 aliphatic rings. The highest BCUT2D eigenvalue weighted by atomic mass is 16.2. The number of carbonyl (C=O) groups excluding carboxylic acids is 2. The molecule has 1 fully saturated rings. The molecular weight excluding hydrogens is 314 g/mol. The topological polar surface area (TPSA) is 61.4 Å². The molecule has 0 unspecified atom stereocenters. The van der Waals surface area contributed by atoms with Gasteiger partial charge in [-0.1, -0.05) is 48.5 Å². The molecule has 3 rings (SSSR count). The summed E-state index contributed by atoms with van der Waals surface area (Å²) in [6.45, 7) is 2.71. The smallest absolute Gasteiger partial charge is 0.251 e. The van der Waals surface area contributed by atoms with Gasteiger partial charge in [0.2, 0.25) is 5.91 Å². The van der Waals surface area contributed by atoms with Crippen molar-refractivity contribution in [2.45, 2.75) is 19.0 Å². The number of nitrogens with one attached hydrogen (secondary N) is 2. The van der Waals surface area contributed by atoms with Gasteiger partial charge in [-0.15, -0.1) is 0 Å². The summed E-state index contributed by atoms with van der Waals surface area (Å²) in [7, 11) is 0. The number of carbonyl (C=O) groups is 2. The van der Waals surface area contributed by atoms with Crippen molar-refractivity contribution in [1.29, 1.82) is 0 Å². The Morgan fingerprint density at radius 2 is 1.68 bits per heavy atom. The third-order valence-electron chi connectivity index (χ3n) is 4.33. The molecular formula is C20H23N3O2. The third-order valence-corrected chi connectivity index (χ3v) is 4.33. The Morgan fingerprint density at radius 1 is 1.00 bits per heavy atom. The Balaban J connectivity index is 1.39. The van der Waals surface area contributed by atoms with Crippen molar-refractivity contribution in [2.75, 3.05) is 19.6 Å². The van der Waals surface area contributed by atoms with Crippen LogP contribution in [0.2, 0.25) is 0 Å². The van der Waals surface area contributed by atoms with Crippen molar-refractivity contribution in [1.82, 2.24) is 15.5 Å². The van der Waals surface area contributed by atoms with Crippen molar-refractivity contribution in [3.05, 3.63) is 71.8 Å². The minimum atomic E-state index is -0.229. The summed E-state index contributed by atoms with van der Waals surface area (Å²) in [5.41, 5.74) is 1.84. The van der Waals surface area contributed by atoms with Gasteiger partial charge in [-0.3, -0.25) is 14.5 Å². The van der Waals surface area contributed by atoms with Gasteiger partial charge in [0.1, 0.15) is 0 Å². The Bertz CT molecular complexity index is 703. The van der Waals surface area contributed by atoms with Gasteiger partial charge in [-0.05, 0) is 24.1 Å². The van der Waals surface area contributed by atoms with Crippen LogP contribution >= 0.6 is 0 Å². The number of rotatable bonds is 6. The van der Waals surface area contributed by atoms with E-state index in [4.69, 9.17) is 0 Å². The Labute approximate surface area is 148 Å². The average molecular weight is 337 g/mol. The highest BCUT2D eigenvalue weighted by molar-refractivity contribution is 5.96. The van der Waals surface area contributed by atoms with Gasteiger partial charge in [0.25, 0.3) is 5.91 Å². The van der Waals surface area contributed by atoms with Crippen molar-refractivity contribution in [2.24, 2.45) is 0 Å². The van der Waals surface area contributed by atoms with Crippen molar-refractivity contribution >= 4 is 11.8 Å². The summed E-state index contributed by atoms with van der Waals surface area (Å²) in [6, 6.07) is 19.4. The fourth-order valence-electron chi connectivity index (χ4n) is 3.07. The molecule has 130 valence electrons. The largest absolute Gasteiger partial charge is 0.350 e. The maximum absolute atomic E-state index is 12.1. The van der Waals surface area contributed by atoms with E-state index in [2.05, 4.69) is 27.7 Å². The lowest BCUT2D eigenvalue weighted by Gasteiger charge is -2.17. The normalized spacial score (nSPS) is 17.2. The molecule has 0 radical (unpaired) electrons. The maximum Gasteiger partial charge on any atom is 0.251 e. The van der Waals surface area contributed by atoms with Gasteiger partial charge >= 0.3 is 0 Å². The summed E-state index contributed by atoms with van der Waals surface area (Å²) >= 11 is 0. The third kappa shape index (κ3) is 5.16. The van der Waals surface area contributed by atoms with Gasteiger partial charge in [-0.2, -0.15) is 0 Å². The second kappa shape index (κ2) is 8.44. The van der Waals surface area contributed by atoms with Crippen LogP contribution in [-0.4, -0.2) is 42.4 Å². The lowest BCUT2D eigenvalue weighted by atomic mass is 10.2. The van der Waals surface area contributed by atoms with E-state index < -0.39 is 0 Å². The molecule has 0 saturated carbocycles. The minimum absolute atomic E-state index is 0.00289. The molecule has 5 nitrogen and oxygen atoms in total. The number of likely N-dealkylation sites (tertiary alicyclic amines) is 1. The standard InChI is InChI=1S/C20H23N3O2/c24-19(13-21-20(25)17-9-5-2-6-10-17)22-18-11-12-23(15-18)14-16-7-3-1-4-8-16/h1-10,18H,11-15H2,(H,21,25)(H,22,24)/t18-/m0/s1. The second-order valence-electron chi connectivity index (χ2n) is 6.32. The first-order valence-corrected chi connectivity index (χ1v) is 8.59. The zero-order valence-corrected chi connectivity index (χ0v) is 14.2. The lowest BCUT2D eigenvalue weighted by Crippen LogP contribution is -2.43. The minimum Gasteiger partial charge on any atom is -0.350 e.